The van der Waals surface area contributed by atoms with Crippen LogP contribution in [0, 0.1) is 0 Å². The Kier molecular flexibility index (Phi) is 5.06. The van der Waals surface area contributed by atoms with Crippen molar-refractivity contribution in [1.82, 2.24) is 4.98 Å². The van der Waals surface area contributed by atoms with Crippen LogP contribution >= 0.6 is 0 Å². The maximum Gasteiger partial charge on any atom is 0.434 e. The van der Waals surface area contributed by atoms with Crippen molar-refractivity contribution >= 4 is 11.9 Å². The summed E-state index contributed by atoms with van der Waals surface area (Å²) in [6.45, 7) is 2.95. The summed E-state index contributed by atoms with van der Waals surface area (Å²) >= 11 is 0. The lowest BCUT2D eigenvalue weighted by atomic mass is 10.1. The molecule has 0 aliphatic rings. The van der Waals surface area contributed by atoms with Crippen molar-refractivity contribution in [2.24, 2.45) is 0 Å². The highest BCUT2D eigenvalue weighted by molar-refractivity contribution is 5.95. The van der Waals surface area contributed by atoms with E-state index in [4.69, 9.17) is 0 Å². The fraction of sp³-hybridized carbons (Fsp3) is 0.417. The van der Waals surface area contributed by atoms with Crippen LogP contribution in [-0.4, -0.2) is 30.1 Å². The second-order valence-electron chi connectivity index (χ2n) is 3.56. The molecule has 0 spiro atoms. The Balaban J connectivity index is 3.29. The Bertz CT molecular complexity index is 514. The van der Waals surface area contributed by atoms with Gasteiger partial charge in [0.2, 0.25) is 0 Å². The van der Waals surface area contributed by atoms with E-state index < -0.39 is 29.4 Å². The van der Waals surface area contributed by atoms with Crippen LogP contribution in [0.1, 0.15) is 40.3 Å². The van der Waals surface area contributed by atoms with Crippen LogP contribution in [0.3, 0.4) is 0 Å². The van der Waals surface area contributed by atoms with Gasteiger partial charge in [0, 0.05) is 6.20 Å². The van der Waals surface area contributed by atoms with Gasteiger partial charge in [-0.3, -0.25) is 4.98 Å². The zero-order chi connectivity index (χ0) is 15.3. The zero-order valence-electron chi connectivity index (χ0n) is 10.8. The molecule has 0 atom stereocenters. The van der Waals surface area contributed by atoms with Crippen LogP contribution < -0.4 is 0 Å². The average molecular weight is 291 g/mol. The molecule has 20 heavy (non-hydrogen) atoms. The second kappa shape index (κ2) is 6.36. The van der Waals surface area contributed by atoms with Crippen LogP contribution in [0.2, 0.25) is 0 Å². The van der Waals surface area contributed by atoms with E-state index in [0.717, 1.165) is 6.07 Å². The van der Waals surface area contributed by atoms with Gasteiger partial charge >= 0.3 is 18.1 Å². The van der Waals surface area contributed by atoms with Crippen molar-refractivity contribution in [3.05, 3.63) is 29.1 Å². The highest BCUT2D eigenvalue weighted by Crippen LogP contribution is 2.31. The van der Waals surface area contributed by atoms with Crippen LogP contribution in [0.4, 0.5) is 13.2 Å². The first kappa shape index (κ1) is 15.9. The summed E-state index contributed by atoms with van der Waals surface area (Å²) < 4.78 is 47.4. The fourth-order valence-electron chi connectivity index (χ4n) is 1.38. The lowest BCUT2D eigenvalue weighted by Crippen LogP contribution is -2.19. The van der Waals surface area contributed by atoms with Gasteiger partial charge in [0.25, 0.3) is 0 Å². The topological polar surface area (TPSA) is 65.5 Å². The van der Waals surface area contributed by atoms with E-state index in [1.165, 1.54) is 6.92 Å². The quantitative estimate of drug-likeness (QED) is 0.797. The van der Waals surface area contributed by atoms with Gasteiger partial charge in [-0.1, -0.05) is 0 Å². The summed E-state index contributed by atoms with van der Waals surface area (Å²) in [5.41, 5.74) is -2.46. The van der Waals surface area contributed by atoms with E-state index in [0.29, 0.717) is 6.20 Å². The molecule has 0 saturated heterocycles. The summed E-state index contributed by atoms with van der Waals surface area (Å²) in [5, 5.41) is 0. The van der Waals surface area contributed by atoms with Gasteiger partial charge in [0.15, 0.2) is 5.69 Å². The molecule has 1 aromatic rings. The summed E-state index contributed by atoms with van der Waals surface area (Å²) in [7, 11) is 0. The number of rotatable bonds is 4. The van der Waals surface area contributed by atoms with Crippen LogP contribution in [0.15, 0.2) is 12.3 Å². The lowest BCUT2D eigenvalue weighted by Gasteiger charge is -2.12. The zero-order valence-corrected chi connectivity index (χ0v) is 10.8. The number of aromatic nitrogens is 1. The second-order valence-corrected chi connectivity index (χ2v) is 3.56. The number of nitrogens with zero attached hydrogens (tertiary/aromatic N) is 1. The molecule has 0 bridgehead atoms. The maximum atomic E-state index is 12.7. The van der Waals surface area contributed by atoms with Crippen molar-refractivity contribution in [3.8, 4) is 0 Å². The smallest absolute Gasteiger partial charge is 0.434 e. The Morgan fingerprint density at radius 3 is 2.20 bits per heavy atom. The Hall–Kier alpha value is -2.12. The molecule has 0 N–H and O–H groups in total. The maximum absolute atomic E-state index is 12.7. The third-order valence-electron chi connectivity index (χ3n) is 2.16. The van der Waals surface area contributed by atoms with Crippen molar-refractivity contribution in [2.45, 2.75) is 20.0 Å². The highest BCUT2D eigenvalue weighted by Gasteiger charge is 2.38. The normalized spacial score (nSPS) is 11.1. The monoisotopic (exact) mass is 291 g/mol. The molecule has 0 fully saturated rings. The van der Waals surface area contributed by atoms with Gasteiger partial charge in [-0.25, -0.2) is 9.59 Å². The number of esters is 2. The van der Waals surface area contributed by atoms with Crippen LogP contribution in [-0.2, 0) is 15.7 Å². The van der Waals surface area contributed by atoms with Gasteiger partial charge in [-0.15, -0.1) is 0 Å². The predicted octanol–water partition coefficient (Wildman–Crippen LogP) is 2.45. The molecule has 0 saturated carbocycles. The van der Waals surface area contributed by atoms with Gasteiger partial charge in [-0.05, 0) is 19.9 Å². The van der Waals surface area contributed by atoms with E-state index in [2.05, 4.69) is 14.5 Å². The minimum absolute atomic E-state index is 0.0502. The molecule has 1 rings (SSSR count). The van der Waals surface area contributed by atoms with Gasteiger partial charge in [-0.2, -0.15) is 13.2 Å². The number of pyridine rings is 1. The molecule has 0 aliphatic heterocycles. The predicted molar refractivity (Wildman–Crippen MR) is 61.2 cm³/mol. The van der Waals surface area contributed by atoms with E-state index in [1.807, 2.05) is 0 Å². The minimum atomic E-state index is -4.82. The Morgan fingerprint density at radius 2 is 1.70 bits per heavy atom. The number of carbonyl (C=O) groups is 2. The number of ether oxygens (including phenoxy) is 2. The van der Waals surface area contributed by atoms with Gasteiger partial charge in [0.05, 0.1) is 24.3 Å². The van der Waals surface area contributed by atoms with E-state index in [9.17, 15) is 22.8 Å². The molecule has 5 nitrogen and oxygen atoms in total. The largest absolute Gasteiger partial charge is 0.462 e. The molecule has 0 amide bonds. The van der Waals surface area contributed by atoms with E-state index >= 15 is 0 Å². The third kappa shape index (κ3) is 3.69. The van der Waals surface area contributed by atoms with Crippen molar-refractivity contribution in [1.29, 1.82) is 0 Å². The van der Waals surface area contributed by atoms with Crippen molar-refractivity contribution in [3.63, 3.8) is 0 Å². The van der Waals surface area contributed by atoms with E-state index in [1.54, 1.807) is 6.92 Å². The summed E-state index contributed by atoms with van der Waals surface area (Å²) in [4.78, 5) is 26.1. The fourth-order valence-corrected chi connectivity index (χ4v) is 1.38. The first-order chi connectivity index (χ1) is 9.31. The molecular weight excluding hydrogens is 279 g/mol. The lowest BCUT2D eigenvalue weighted by molar-refractivity contribution is -0.141. The number of hydrogen-bond donors (Lipinski definition) is 0. The molecule has 8 heteroatoms. The molecule has 0 aromatic carbocycles. The Labute approximate surface area is 112 Å². The van der Waals surface area contributed by atoms with Crippen LogP contribution in [0.25, 0.3) is 0 Å². The summed E-state index contributed by atoms with van der Waals surface area (Å²) in [6, 6.07) is 0.770. The summed E-state index contributed by atoms with van der Waals surface area (Å²) in [5.74, 6) is -2.06. The molecular formula is C12H12F3NO4. The molecule has 1 aromatic heterocycles. The highest BCUT2D eigenvalue weighted by atomic mass is 19.4. The minimum Gasteiger partial charge on any atom is -0.462 e. The number of hydrogen-bond acceptors (Lipinski definition) is 5. The van der Waals surface area contributed by atoms with Crippen LogP contribution in [0.5, 0.6) is 0 Å². The van der Waals surface area contributed by atoms with E-state index in [-0.39, 0.29) is 18.8 Å². The first-order valence-electron chi connectivity index (χ1n) is 5.72. The molecule has 0 unspecified atom stereocenters. The molecule has 0 radical (unpaired) electrons. The number of halogens is 3. The van der Waals surface area contributed by atoms with Gasteiger partial charge < -0.3 is 9.47 Å². The SMILES string of the molecule is CCOC(=O)c1cnc(C(F)(F)F)c(C(=O)OCC)c1. The van der Waals surface area contributed by atoms with Gasteiger partial charge in [0.1, 0.15) is 0 Å². The first-order valence-corrected chi connectivity index (χ1v) is 5.72. The average Bonchev–Trinajstić information content (AvgIpc) is 2.37. The molecule has 110 valence electrons. The van der Waals surface area contributed by atoms with Crippen molar-refractivity contribution in [2.75, 3.05) is 13.2 Å². The molecule has 0 aliphatic carbocycles. The molecule has 1 heterocycles. The summed E-state index contributed by atoms with van der Waals surface area (Å²) in [6.07, 6.45) is -4.11. The van der Waals surface area contributed by atoms with Crippen molar-refractivity contribution < 1.29 is 32.2 Å². The third-order valence-corrected chi connectivity index (χ3v) is 2.16. The standard InChI is InChI=1S/C12H12F3NO4/c1-3-19-10(17)7-5-8(11(18)20-4-2)9(16-6-7)12(13,14)15/h5-6H,3-4H2,1-2H3. The Morgan fingerprint density at radius 1 is 1.15 bits per heavy atom. The number of carbonyl (C=O) groups excluding carboxylic acids is 2. The number of alkyl halides is 3.